The molecule has 0 amide bonds. The molecule has 2 heterocycles. The molecule has 0 unspecified atom stereocenters. The summed E-state index contributed by atoms with van der Waals surface area (Å²) in [7, 11) is 0. The van der Waals surface area contributed by atoms with E-state index in [0.29, 0.717) is 4.88 Å². The summed E-state index contributed by atoms with van der Waals surface area (Å²) >= 11 is 1.20. The maximum atomic E-state index is 10.6. The van der Waals surface area contributed by atoms with Crippen molar-refractivity contribution in [2.75, 3.05) is 0 Å². The van der Waals surface area contributed by atoms with Gasteiger partial charge in [0.2, 0.25) is 0 Å². The minimum atomic E-state index is -0.898. The van der Waals surface area contributed by atoms with Gasteiger partial charge in [0.05, 0.1) is 11.9 Å². The molecule has 1 N–H and O–H groups in total. The van der Waals surface area contributed by atoms with Gasteiger partial charge in [-0.1, -0.05) is 0 Å². The van der Waals surface area contributed by atoms with Crippen LogP contribution in [0.3, 0.4) is 0 Å². The first-order valence-corrected chi connectivity index (χ1v) is 4.88. The van der Waals surface area contributed by atoms with Crippen LogP contribution >= 0.6 is 11.3 Å². The second-order valence-electron chi connectivity index (χ2n) is 2.94. The zero-order valence-electron chi connectivity index (χ0n) is 7.47. The van der Waals surface area contributed by atoms with Gasteiger partial charge in [-0.15, -0.1) is 11.3 Å². The smallest absolute Gasteiger partial charge is 0.345 e. The summed E-state index contributed by atoms with van der Waals surface area (Å²) in [6.07, 6.45) is 3.59. The monoisotopic (exact) mass is 208 g/mol. The Morgan fingerprint density at radius 3 is 2.93 bits per heavy atom. The largest absolute Gasteiger partial charge is 0.477 e. The van der Waals surface area contributed by atoms with Gasteiger partial charge in [0.25, 0.3) is 0 Å². The lowest BCUT2D eigenvalue weighted by molar-refractivity contribution is 0.0702. The Balaban J connectivity index is 2.38. The van der Waals surface area contributed by atoms with Crippen molar-refractivity contribution >= 4 is 17.3 Å². The van der Waals surface area contributed by atoms with E-state index in [1.165, 1.54) is 11.3 Å². The highest BCUT2D eigenvalue weighted by Gasteiger charge is 2.08. The maximum absolute atomic E-state index is 10.6. The van der Waals surface area contributed by atoms with Crippen molar-refractivity contribution in [3.05, 3.63) is 34.3 Å². The van der Waals surface area contributed by atoms with Gasteiger partial charge < -0.3 is 5.11 Å². The Bertz CT molecular complexity index is 473. The molecular formula is C9H8N2O2S. The van der Waals surface area contributed by atoms with Crippen LogP contribution in [0.2, 0.25) is 0 Å². The fourth-order valence-corrected chi connectivity index (χ4v) is 1.83. The van der Waals surface area contributed by atoms with Crippen LogP contribution in [0.5, 0.6) is 0 Å². The molecule has 0 radical (unpaired) electrons. The number of hydrogen-bond donors (Lipinski definition) is 1. The van der Waals surface area contributed by atoms with E-state index >= 15 is 0 Å². The van der Waals surface area contributed by atoms with Crippen molar-refractivity contribution in [2.45, 2.75) is 6.92 Å². The standard InChI is InChI=1S/C9H8N2O2S/c1-6-3-10-11(4-6)7-2-8(9(12)13)14-5-7/h2-5H,1H3,(H,12,13). The highest BCUT2D eigenvalue weighted by molar-refractivity contribution is 7.12. The summed E-state index contributed by atoms with van der Waals surface area (Å²) in [6.45, 7) is 1.94. The van der Waals surface area contributed by atoms with Crippen LogP contribution in [-0.2, 0) is 0 Å². The van der Waals surface area contributed by atoms with E-state index < -0.39 is 5.97 Å². The number of aromatic nitrogens is 2. The average Bonchev–Trinajstić information content (AvgIpc) is 2.70. The molecule has 0 atom stereocenters. The molecule has 0 spiro atoms. The maximum Gasteiger partial charge on any atom is 0.345 e. The number of hydrogen-bond acceptors (Lipinski definition) is 3. The third-order valence-electron chi connectivity index (χ3n) is 1.77. The van der Waals surface area contributed by atoms with E-state index in [0.717, 1.165) is 11.3 Å². The molecular weight excluding hydrogens is 200 g/mol. The lowest BCUT2D eigenvalue weighted by Crippen LogP contribution is -1.93. The molecule has 0 saturated heterocycles. The predicted octanol–water partition coefficient (Wildman–Crippen LogP) is 1.94. The molecule has 0 aliphatic rings. The van der Waals surface area contributed by atoms with Crippen LogP contribution in [-0.4, -0.2) is 20.9 Å². The van der Waals surface area contributed by atoms with Gasteiger partial charge in [0.15, 0.2) is 0 Å². The predicted molar refractivity (Wildman–Crippen MR) is 53.1 cm³/mol. The SMILES string of the molecule is Cc1cnn(-c2csc(C(=O)O)c2)c1. The summed E-state index contributed by atoms with van der Waals surface area (Å²) in [5.41, 5.74) is 1.84. The number of rotatable bonds is 2. The van der Waals surface area contributed by atoms with Gasteiger partial charge in [0.1, 0.15) is 4.88 Å². The highest BCUT2D eigenvalue weighted by atomic mass is 32.1. The van der Waals surface area contributed by atoms with Crippen molar-refractivity contribution in [2.24, 2.45) is 0 Å². The van der Waals surface area contributed by atoms with E-state index in [4.69, 9.17) is 5.11 Å². The molecule has 0 aliphatic heterocycles. The van der Waals surface area contributed by atoms with Crippen LogP contribution in [0.25, 0.3) is 5.69 Å². The fraction of sp³-hybridized carbons (Fsp3) is 0.111. The minimum absolute atomic E-state index is 0.327. The van der Waals surface area contributed by atoms with Crippen LogP contribution in [0.15, 0.2) is 23.8 Å². The normalized spacial score (nSPS) is 10.4. The number of carboxylic acid groups (broad SMARTS) is 1. The molecule has 2 aromatic heterocycles. The van der Waals surface area contributed by atoms with Crippen LogP contribution in [0, 0.1) is 6.92 Å². The molecule has 2 aromatic rings. The minimum Gasteiger partial charge on any atom is -0.477 e. The van der Waals surface area contributed by atoms with Crippen LogP contribution < -0.4 is 0 Å². The molecule has 2 rings (SSSR count). The van der Waals surface area contributed by atoms with Crippen molar-refractivity contribution in [3.63, 3.8) is 0 Å². The first kappa shape index (κ1) is 8.96. The Morgan fingerprint density at radius 1 is 1.64 bits per heavy atom. The molecule has 14 heavy (non-hydrogen) atoms. The molecule has 0 aromatic carbocycles. The van der Waals surface area contributed by atoms with E-state index in [1.807, 2.05) is 13.1 Å². The second-order valence-corrected chi connectivity index (χ2v) is 3.85. The van der Waals surface area contributed by atoms with E-state index in [2.05, 4.69) is 5.10 Å². The van der Waals surface area contributed by atoms with E-state index in [9.17, 15) is 4.79 Å². The molecule has 0 fully saturated rings. The summed E-state index contributed by atoms with van der Waals surface area (Å²) in [5.74, 6) is -0.898. The molecule has 4 nitrogen and oxygen atoms in total. The number of nitrogens with zero attached hydrogens (tertiary/aromatic N) is 2. The summed E-state index contributed by atoms with van der Waals surface area (Å²) in [6, 6.07) is 1.61. The molecule has 0 bridgehead atoms. The number of carboxylic acids is 1. The van der Waals surface area contributed by atoms with Crippen LogP contribution in [0.4, 0.5) is 0 Å². The third kappa shape index (κ3) is 1.54. The Labute approximate surface area is 84.4 Å². The quantitative estimate of drug-likeness (QED) is 0.820. The number of aromatic carboxylic acids is 1. The lowest BCUT2D eigenvalue weighted by Gasteiger charge is -1.93. The summed E-state index contributed by atoms with van der Waals surface area (Å²) < 4.78 is 1.66. The number of aryl methyl sites for hydroxylation is 1. The van der Waals surface area contributed by atoms with Gasteiger partial charge in [-0.25, -0.2) is 9.48 Å². The van der Waals surface area contributed by atoms with Crippen molar-refractivity contribution < 1.29 is 9.90 Å². The topological polar surface area (TPSA) is 55.1 Å². The zero-order chi connectivity index (χ0) is 10.1. The Kier molecular flexibility index (Phi) is 2.09. The molecule has 0 aliphatic carbocycles. The average molecular weight is 208 g/mol. The molecule has 0 saturated carbocycles. The molecule has 72 valence electrons. The van der Waals surface area contributed by atoms with Gasteiger partial charge in [-0.3, -0.25) is 0 Å². The van der Waals surface area contributed by atoms with Gasteiger partial charge in [-0.2, -0.15) is 5.10 Å². The summed E-state index contributed by atoms with van der Waals surface area (Å²) in [4.78, 5) is 11.0. The van der Waals surface area contributed by atoms with E-state index in [-0.39, 0.29) is 0 Å². The van der Waals surface area contributed by atoms with Gasteiger partial charge in [0, 0.05) is 11.6 Å². The summed E-state index contributed by atoms with van der Waals surface area (Å²) in [5, 5.41) is 14.6. The van der Waals surface area contributed by atoms with Crippen molar-refractivity contribution in [1.82, 2.24) is 9.78 Å². The van der Waals surface area contributed by atoms with Crippen molar-refractivity contribution in [1.29, 1.82) is 0 Å². The van der Waals surface area contributed by atoms with Gasteiger partial charge >= 0.3 is 5.97 Å². The third-order valence-corrected chi connectivity index (χ3v) is 2.68. The van der Waals surface area contributed by atoms with Crippen molar-refractivity contribution in [3.8, 4) is 5.69 Å². The fourth-order valence-electron chi connectivity index (χ4n) is 1.11. The first-order chi connectivity index (χ1) is 6.66. The number of carbonyl (C=O) groups is 1. The van der Waals surface area contributed by atoms with Crippen LogP contribution in [0.1, 0.15) is 15.2 Å². The van der Waals surface area contributed by atoms with Gasteiger partial charge in [-0.05, 0) is 18.6 Å². The Morgan fingerprint density at radius 2 is 2.43 bits per heavy atom. The second kappa shape index (κ2) is 3.26. The lowest BCUT2D eigenvalue weighted by atomic mass is 10.4. The zero-order valence-corrected chi connectivity index (χ0v) is 8.28. The Hall–Kier alpha value is -1.62. The first-order valence-electron chi connectivity index (χ1n) is 4.00. The van der Waals surface area contributed by atoms with E-state index in [1.54, 1.807) is 22.3 Å². The number of thiophene rings is 1. The molecule has 5 heteroatoms. The highest BCUT2D eigenvalue weighted by Crippen LogP contribution is 2.18.